The second-order valence-electron chi connectivity index (χ2n) is 2.58. The zero-order valence-electron chi connectivity index (χ0n) is 8.19. The Balaban J connectivity index is 4.56. The minimum Gasteiger partial charge on any atom is -0.610 e. The van der Waals surface area contributed by atoms with Crippen LogP contribution in [0.15, 0.2) is 17.8 Å². The third-order valence-electron chi connectivity index (χ3n) is 1.61. The van der Waals surface area contributed by atoms with Gasteiger partial charge in [0.15, 0.2) is 0 Å². The Morgan fingerprint density at radius 2 is 2.43 bits per heavy atom. The predicted molar refractivity (Wildman–Crippen MR) is 55.7 cm³/mol. The first kappa shape index (κ1) is 13.0. The van der Waals surface area contributed by atoms with Crippen molar-refractivity contribution < 1.29 is 14.6 Å². The number of nitrogens with one attached hydrogen (secondary N) is 1. The molecule has 0 heterocycles. The van der Waals surface area contributed by atoms with E-state index in [-0.39, 0.29) is 16.7 Å². The Morgan fingerprint density at radius 1 is 1.86 bits per heavy atom. The summed E-state index contributed by atoms with van der Waals surface area (Å²) in [6, 6.07) is 0. The normalized spacial score (nSPS) is 15.8. The highest BCUT2D eigenvalue weighted by Gasteiger charge is 2.28. The van der Waals surface area contributed by atoms with E-state index in [1.165, 1.54) is 20.0 Å². The molecular weight excluding hydrogens is 204 g/mol. The predicted octanol–water partition coefficient (Wildman–Crippen LogP) is 0.0909. The second kappa shape index (κ2) is 6.44. The van der Waals surface area contributed by atoms with Crippen molar-refractivity contribution in [3.8, 4) is 0 Å². The van der Waals surface area contributed by atoms with Crippen LogP contribution in [0.5, 0.6) is 0 Å². The van der Waals surface area contributed by atoms with E-state index in [4.69, 9.17) is 5.21 Å². The number of carbonyl (C=O) groups excluding carboxylic acids is 1. The van der Waals surface area contributed by atoms with E-state index in [2.05, 4.69) is 17.1 Å². The lowest BCUT2D eigenvalue weighted by Crippen LogP contribution is -2.35. The molecule has 0 aromatic heterocycles. The highest BCUT2D eigenvalue weighted by Crippen LogP contribution is 2.07. The summed E-state index contributed by atoms with van der Waals surface area (Å²) in [5.41, 5.74) is 0. The lowest BCUT2D eigenvalue weighted by atomic mass is 10.2. The molecular formula is C8H14N2O3S. The smallest absolute Gasteiger partial charge is 0.267 e. The summed E-state index contributed by atoms with van der Waals surface area (Å²) >= 11 is -1.49. The minimum absolute atomic E-state index is 0.0377. The molecule has 0 radical (unpaired) electrons. The van der Waals surface area contributed by atoms with Crippen LogP contribution >= 0.6 is 0 Å². The van der Waals surface area contributed by atoms with E-state index in [0.29, 0.717) is 0 Å². The van der Waals surface area contributed by atoms with Crippen molar-refractivity contribution in [3.05, 3.63) is 12.7 Å². The molecule has 5 nitrogen and oxygen atoms in total. The number of amides is 1. The molecule has 6 heteroatoms. The molecule has 0 saturated carbocycles. The van der Waals surface area contributed by atoms with Gasteiger partial charge in [-0.25, -0.2) is 0 Å². The lowest BCUT2D eigenvalue weighted by molar-refractivity contribution is -0.122. The van der Waals surface area contributed by atoms with Gasteiger partial charge in [-0.1, -0.05) is 6.58 Å². The molecule has 80 valence electrons. The van der Waals surface area contributed by atoms with Crippen LogP contribution in [0, 0.1) is 5.92 Å². The second-order valence-corrected chi connectivity index (χ2v) is 4.02. The highest BCUT2D eigenvalue weighted by atomic mass is 32.2. The van der Waals surface area contributed by atoms with Gasteiger partial charge in [0, 0.05) is 18.2 Å². The van der Waals surface area contributed by atoms with E-state index < -0.39 is 17.1 Å². The van der Waals surface area contributed by atoms with Crippen LogP contribution in [-0.2, 0) is 16.0 Å². The molecule has 0 fully saturated rings. The van der Waals surface area contributed by atoms with Crippen molar-refractivity contribution >= 4 is 22.1 Å². The molecule has 2 N–H and O–H groups in total. The van der Waals surface area contributed by atoms with Crippen LogP contribution in [0.4, 0.5) is 0 Å². The minimum atomic E-state index is -1.49. The van der Waals surface area contributed by atoms with Gasteiger partial charge in [0.1, 0.15) is 11.7 Å². The molecule has 0 spiro atoms. The van der Waals surface area contributed by atoms with Gasteiger partial charge >= 0.3 is 0 Å². The van der Waals surface area contributed by atoms with E-state index >= 15 is 0 Å². The molecule has 0 aliphatic rings. The van der Waals surface area contributed by atoms with E-state index in [1.807, 2.05) is 0 Å². The summed E-state index contributed by atoms with van der Waals surface area (Å²) in [5, 5.41) is 13.8. The molecule has 0 saturated heterocycles. The van der Waals surface area contributed by atoms with Crippen molar-refractivity contribution in [2.75, 3.05) is 12.8 Å². The first-order valence-electron chi connectivity index (χ1n) is 4.01. The summed E-state index contributed by atoms with van der Waals surface area (Å²) in [6.07, 6.45) is 1.44. The molecule has 0 aliphatic carbocycles. The molecule has 2 unspecified atom stereocenters. The SMILES string of the molecule is C=CC[S+]([O-])/C(=N/O)C(C)C(=O)NC. The van der Waals surface area contributed by atoms with Gasteiger partial charge < -0.3 is 15.1 Å². The fourth-order valence-corrected chi connectivity index (χ4v) is 1.83. The third-order valence-corrected chi connectivity index (χ3v) is 3.05. The average Bonchev–Trinajstić information content (AvgIpc) is 2.18. The standard InChI is InChI=1S/C8H14N2O3S/c1-4-5-14(13)8(10-12)6(2)7(11)9-3/h4,6,12H,1,5H2,2-3H3,(H,9,11)/b10-8+. The summed E-state index contributed by atoms with van der Waals surface area (Å²) in [7, 11) is 1.46. The van der Waals surface area contributed by atoms with Crippen LogP contribution in [0.2, 0.25) is 0 Å². The van der Waals surface area contributed by atoms with E-state index in [0.717, 1.165) is 0 Å². The van der Waals surface area contributed by atoms with Crippen molar-refractivity contribution in [3.63, 3.8) is 0 Å². The van der Waals surface area contributed by atoms with Gasteiger partial charge in [-0.15, -0.1) is 0 Å². The van der Waals surface area contributed by atoms with Crippen molar-refractivity contribution in [2.45, 2.75) is 6.92 Å². The maximum Gasteiger partial charge on any atom is 0.267 e. The highest BCUT2D eigenvalue weighted by molar-refractivity contribution is 8.06. The number of rotatable bonds is 4. The molecule has 0 aliphatic heterocycles. The van der Waals surface area contributed by atoms with Crippen molar-refractivity contribution in [1.29, 1.82) is 0 Å². The molecule has 0 aromatic carbocycles. The molecule has 0 bridgehead atoms. The summed E-state index contributed by atoms with van der Waals surface area (Å²) in [4.78, 5) is 11.2. The van der Waals surface area contributed by atoms with E-state index in [9.17, 15) is 9.35 Å². The number of hydrogen-bond donors (Lipinski definition) is 2. The number of carbonyl (C=O) groups is 1. The van der Waals surface area contributed by atoms with E-state index in [1.54, 1.807) is 0 Å². The number of nitrogens with zero attached hydrogens (tertiary/aromatic N) is 1. The molecule has 1 amide bonds. The van der Waals surface area contributed by atoms with Gasteiger partial charge in [0.2, 0.25) is 5.91 Å². The first-order chi connectivity index (χ1) is 6.58. The average molecular weight is 218 g/mol. The van der Waals surface area contributed by atoms with Crippen molar-refractivity contribution in [1.82, 2.24) is 5.32 Å². The monoisotopic (exact) mass is 218 g/mol. The van der Waals surface area contributed by atoms with Crippen LogP contribution in [0.1, 0.15) is 6.92 Å². The Labute approximate surface area is 86.1 Å². The first-order valence-corrected chi connectivity index (χ1v) is 5.33. The summed E-state index contributed by atoms with van der Waals surface area (Å²) < 4.78 is 11.4. The van der Waals surface area contributed by atoms with Crippen molar-refractivity contribution in [2.24, 2.45) is 11.1 Å². The maximum atomic E-state index is 11.4. The zero-order valence-corrected chi connectivity index (χ0v) is 9.00. The molecule has 14 heavy (non-hydrogen) atoms. The van der Waals surface area contributed by atoms with Gasteiger partial charge in [0.25, 0.3) is 5.04 Å². The van der Waals surface area contributed by atoms with Gasteiger partial charge in [-0.2, -0.15) is 0 Å². The van der Waals surface area contributed by atoms with Crippen LogP contribution < -0.4 is 5.32 Å². The lowest BCUT2D eigenvalue weighted by Gasteiger charge is -2.13. The van der Waals surface area contributed by atoms with Crippen LogP contribution in [-0.4, -0.2) is 33.5 Å². The largest absolute Gasteiger partial charge is 0.610 e. The number of hydrogen-bond acceptors (Lipinski definition) is 4. The Morgan fingerprint density at radius 3 is 2.79 bits per heavy atom. The maximum absolute atomic E-state index is 11.4. The third kappa shape index (κ3) is 3.39. The Hall–Kier alpha value is -1.01. The van der Waals surface area contributed by atoms with Crippen LogP contribution in [0.3, 0.4) is 0 Å². The summed E-state index contributed by atoms with van der Waals surface area (Å²) in [5.74, 6) is -0.873. The number of oxime groups is 1. The molecule has 2 atom stereocenters. The topological polar surface area (TPSA) is 84.8 Å². The van der Waals surface area contributed by atoms with Gasteiger partial charge in [-0.3, -0.25) is 4.79 Å². The Kier molecular flexibility index (Phi) is 5.98. The van der Waals surface area contributed by atoms with Gasteiger partial charge in [0.05, 0.1) is 0 Å². The zero-order chi connectivity index (χ0) is 11.1. The molecule has 0 aromatic rings. The summed E-state index contributed by atoms with van der Waals surface area (Å²) in [6.45, 7) is 4.93. The van der Waals surface area contributed by atoms with Crippen LogP contribution in [0.25, 0.3) is 0 Å². The quantitative estimate of drug-likeness (QED) is 0.175. The fourth-order valence-electron chi connectivity index (χ4n) is 0.850. The fraction of sp³-hybridized carbons (Fsp3) is 0.500. The molecule has 0 rings (SSSR count). The van der Waals surface area contributed by atoms with Gasteiger partial charge in [-0.05, 0) is 18.2 Å². The Bertz CT molecular complexity index is 243.